The number of hydrogen-bond acceptors (Lipinski definition) is 4. The van der Waals surface area contributed by atoms with Gasteiger partial charge in [-0.2, -0.15) is 10.4 Å². The molecule has 4 rings (SSSR count). The number of halogens is 1. The molecule has 1 amide bonds. The zero-order chi connectivity index (χ0) is 24.6. The third kappa shape index (κ3) is 5.78. The van der Waals surface area contributed by atoms with Crippen LogP contribution >= 0.6 is 11.6 Å². The lowest BCUT2D eigenvalue weighted by Gasteiger charge is -2.08. The van der Waals surface area contributed by atoms with Crippen molar-refractivity contribution in [2.45, 2.75) is 13.5 Å². The molecule has 35 heavy (non-hydrogen) atoms. The molecule has 1 N–H and O–H groups in total. The van der Waals surface area contributed by atoms with Crippen molar-refractivity contribution in [1.82, 2.24) is 15.1 Å². The minimum Gasteiger partial charge on any atom is -0.489 e. The van der Waals surface area contributed by atoms with E-state index in [1.807, 2.05) is 91.1 Å². The predicted octanol–water partition coefficient (Wildman–Crippen LogP) is 5.81. The third-order valence-electron chi connectivity index (χ3n) is 5.25. The summed E-state index contributed by atoms with van der Waals surface area (Å²) in [7, 11) is 0. The van der Waals surface area contributed by atoms with Crippen LogP contribution in [0.1, 0.15) is 18.1 Å². The van der Waals surface area contributed by atoms with E-state index in [2.05, 4.69) is 5.32 Å². The van der Waals surface area contributed by atoms with Crippen LogP contribution in [0, 0.1) is 11.3 Å². The first kappa shape index (κ1) is 23.8. The summed E-state index contributed by atoms with van der Waals surface area (Å²) in [6.45, 7) is 2.60. The number of para-hydroxylation sites is 1. The molecule has 7 heteroatoms. The van der Waals surface area contributed by atoms with Gasteiger partial charge in [0, 0.05) is 34.5 Å². The Kier molecular flexibility index (Phi) is 7.61. The number of nitriles is 1. The zero-order valence-corrected chi connectivity index (χ0v) is 19.9. The first-order valence-electron chi connectivity index (χ1n) is 11.1. The molecule has 0 radical (unpaired) electrons. The molecule has 0 aliphatic heterocycles. The van der Waals surface area contributed by atoms with Gasteiger partial charge in [-0.3, -0.25) is 4.79 Å². The number of aromatic nitrogens is 2. The van der Waals surface area contributed by atoms with Crippen molar-refractivity contribution < 1.29 is 9.53 Å². The number of hydrogen-bond donors (Lipinski definition) is 1. The third-order valence-corrected chi connectivity index (χ3v) is 5.61. The second-order valence-corrected chi connectivity index (χ2v) is 8.05. The summed E-state index contributed by atoms with van der Waals surface area (Å²) in [6, 6.07) is 26.7. The van der Waals surface area contributed by atoms with Crippen molar-refractivity contribution >= 4 is 23.6 Å². The Bertz CT molecular complexity index is 1390. The number of carbonyl (C=O) groups is 1. The van der Waals surface area contributed by atoms with Gasteiger partial charge in [0.15, 0.2) is 0 Å². The average molecular weight is 483 g/mol. The van der Waals surface area contributed by atoms with Crippen LogP contribution in [0.4, 0.5) is 0 Å². The highest BCUT2D eigenvalue weighted by atomic mass is 35.5. The molecule has 0 saturated heterocycles. The molecule has 0 aliphatic rings. The molecule has 4 aromatic rings. The van der Waals surface area contributed by atoms with Crippen molar-refractivity contribution in [2.75, 3.05) is 6.54 Å². The molecule has 3 aromatic carbocycles. The van der Waals surface area contributed by atoms with Gasteiger partial charge in [0.05, 0.1) is 11.4 Å². The number of amides is 1. The number of carbonyl (C=O) groups excluding carboxylic acids is 1. The first-order valence-corrected chi connectivity index (χ1v) is 11.5. The summed E-state index contributed by atoms with van der Waals surface area (Å²) >= 11 is 6.21. The molecule has 1 aromatic heterocycles. The second kappa shape index (κ2) is 11.2. The Morgan fingerprint density at radius 2 is 1.80 bits per heavy atom. The van der Waals surface area contributed by atoms with Crippen LogP contribution < -0.4 is 10.1 Å². The Labute approximate surface area is 209 Å². The van der Waals surface area contributed by atoms with Crippen molar-refractivity contribution in [3.8, 4) is 28.8 Å². The van der Waals surface area contributed by atoms with Gasteiger partial charge in [-0.25, -0.2) is 4.68 Å². The van der Waals surface area contributed by atoms with Crippen LogP contribution in [0.3, 0.4) is 0 Å². The summed E-state index contributed by atoms with van der Waals surface area (Å²) in [6.07, 6.45) is 3.37. The molecule has 0 saturated carbocycles. The van der Waals surface area contributed by atoms with Gasteiger partial charge in [0.25, 0.3) is 5.91 Å². The minimum atomic E-state index is -0.420. The molecular weight excluding hydrogens is 460 g/mol. The van der Waals surface area contributed by atoms with Crippen LogP contribution in [-0.4, -0.2) is 22.2 Å². The highest BCUT2D eigenvalue weighted by molar-refractivity contribution is 6.31. The molecule has 0 spiro atoms. The summed E-state index contributed by atoms with van der Waals surface area (Å²) in [5.41, 5.74) is 3.90. The molecule has 0 fully saturated rings. The zero-order valence-electron chi connectivity index (χ0n) is 19.1. The monoisotopic (exact) mass is 482 g/mol. The lowest BCUT2D eigenvalue weighted by molar-refractivity contribution is -0.116. The lowest BCUT2D eigenvalue weighted by atomic mass is 10.1. The molecule has 0 atom stereocenters. The van der Waals surface area contributed by atoms with Gasteiger partial charge in [0.2, 0.25) is 0 Å². The van der Waals surface area contributed by atoms with Crippen molar-refractivity contribution in [3.63, 3.8) is 0 Å². The summed E-state index contributed by atoms with van der Waals surface area (Å²) in [4.78, 5) is 12.3. The number of likely N-dealkylation sites (N-methyl/N-ethyl adjacent to an activating group) is 1. The summed E-state index contributed by atoms with van der Waals surface area (Å²) in [5.74, 6) is 0.269. The average Bonchev–Trinajstić information content (AvgIpc) is 3.31. The molecular formula is C28H23ClN4O2. The SMILES string of the molecule is CCNC(=O)C(C#N)=Cc1cn(-c2ccccc2)nc1-c1ccc(OCc2ccccc2Cl)cc1. The highest BCUT2D eigenvalue weighted by Crippen LogP contribution is 2.28. The normalized spacial score (nSPS) is 11.1. The van der Waals surface area contributed by atoms with E-state index in [9.17, 15) is 10.1 Å². The molecule has 0 aliphatic carbocycles. The smallest absolute Gasteiger partial charge is 0.261 e. The van der Waals surface area contributed by atoms with E-state index < -0.39 is 5.91 Å². The molecule has 0 unspecified atom stereocenters. The van der Waals surface area contributed by atoms with E-state index >= 15 is 0 Å². The van der Waals surface area contributed by atoms with Crippen LogP contribution in [0.2, 0.25) is 5.02 Å². The fourth-order valence-corrected chi connectivity index (χ4v) is 3.67. The maximum absolute atomic E-state index is 12.3. The second-order valence-electron chi connectivity index (χ2n) is 7.65. The van der Waals surface area contributed by atoms with Gasteiger partial charge in [0.1, 0.15) is 24.0 Å². The molecule has 174 valence electrons. The maximum atomic E-state index is 12.3. The van der Waals surface area contributed by atoms with Gasteiger partial charge < -0.3 is 10.1 Å². The van der Waals surface area contributed by atoms with E-state index in [-0.39, 0.29) is 5.57 Å². The van der Waals surface area contributed by atoms with E-state index in [0.29, 0.717) is 35.2 Å². The van der Waals surface area contributed by atoms with Gasteiger partial charge >= 0.3 is 0 Å². The fourth-order valence-electron chi connectivity index (χ4n) is 3.48. The molecule has 0 bridgehead atoms. The van der Waals surface area contributed by atoms with Gasteiger partial charge in [-0.15, -0.1) is 0 Å². The molecule has 6 nitrogen and oxygen atoms in total. The van der Waals surface area contributed by atoms with Crippen LogP contribution in [0.15, 0.2) is 90.6 Å². The summed E-state index contributed by atoms with van der Waals surface area (Å²) in [5, 5.41) is 17.6. The lowest BCUT2D eigenvalue weighted by Crippen LogP contribution is -2.23. The van der Waals surface area contributed by atoms with Crippen molar-refractivity contribution in [3.05, 3.63) is 107 Å². The topological polar surface area (TPSA) is 79.9 Å². The van der Waals surface area contributed by atoms with E-state index in [1.165, 1.54) is 0 Å². The van der Waals surface area contributed by atoms with E-state index in [4.69, 9.17) is 21.4 Å². The minimum absolute atomic E-state index is 0.0143. The first-order chi connectivity index (χ1) is 17.1. The Balaban J connectivity index is 1.66. The van der Waals surface area contributed by atoms with Crippen LogP contribution in [0.25, 0.3) is 23.0 Å². The maximum Gasteiger partial charge on any atom is 0.261 e. The summed E-state index contributed by atoms with van der Waals surface area (Å²) < 4.78 is 7.62. The number of benzene rings is 3. The number of nitrogens with zero attached hydrogens (tertiary/aromatic N) is 3. The van der Waals surface area contributed by atoms with E-state index in [0.717, 1.165) is 16.8 Å². The van der Waals surface area contributed by atoms with Crippen molar-refractivity contribution in [1.29, 1.82) is 5.26 Å². The predicted molar refractivity (Wildman–Crippen MR) is 137 cm³/mol. The van der Waals surface area contributed by atoms with Gasteiger partial charge in [-0.05, 0) is 55.5 Å². The van der Waals surface area contributed by atoms with E-state index in [1.54, 1.807) is 17.7 Å². The van der Waals surface area contributed by atoms with Crippen molar-refractivity contribution in [2.24, 2.45) is 0 Å². The standard InChI is InChI=1S/C28H23ClN4O2/c1-2-31-28(34)22(17-30)16-23-18-33(24-9-4-3-5-10-24)32-27(23)20-12-14-25(15-13-20)35-19-21-8-6-7-11-26(21)29/h3-16,18H,2,19H2,1H3,(H,31,34). The Morgan fingerprint density at radius 1 is 1.09 bits per heavy atom. The number of nitrogens with one attached hydrogen (secondary N) is 1. The fraction of sp³-hybridized carbons (Fsp3) is 0.107. The van der Waals surface area contributed by atoms with Crippen LogP contribution in [-0.2, 0) is 11.4 Å². The Hall–Kier alpha value is -4.34. The largest absolute Gasteiger partial charge is 0.489 e. The Morgan fingerprint density at radius 3 is 2.49 bits per heavy atom. The molecule has 1 heterocycles. The van der Waals surface area contributed by atoms with Gasteiger partial charge in [-0.1, -0.05) is 48.0 Å². The highest BCUT2D eigenvalue weighted by Gasteiger charge is 2.15. The van der Waals surface area contributed by atoms with Crippen LogP contribution in [0.5, 0.6) is 5.75 Å². The quantitative estimate of drug-likeness (QED) is 0.253. The number of ether oxygens (including phenoxy) is 1. The number of rotatable bonds is 8.